The van der Waals surface area contributed by atoms with E-state index in [1.54, 1.807) is 43.6 Å². The quantitative estimate of drug-likeness (QED) is 0.244. The first-order valence-corrected chi connectivity index (χ1v) is 12.8. The average Bonchev–Trinajstić information content (AvgIpc) is 3.64. The molecule has 0 bridgehead atoms. The van der Waals surface area contributed by atoms with E-state index < -0.39 is 5.54 Å². The first kappa shape index (κ1) is 26.6. The number of aliphatic imine (C=N–C) groups is 1. The van der Waals surface area contributed by atoms with E-state index in [1.807, 2.05) is 31.2 Å². The Morgan fingerprint density at radius 2 is 1.77 bits per heavy atom. The summed E-state index contributed by atoms with van der Waals surface area (Å²) in [5.41, 5.74) is 9.96. The fourth-order valence-electron chi connectivity index (χ4n) is 4.70. The highest BCUT2D eigenvalue weighted by atomic mass is 19.1. The van der Waals surface area contributed by atoms with Crippen LogP contribution in [0.4, 0.5) is 4.39 Å². The van der Waals surface area contributed by atoms with E-state index >= 15 is 0 Å². The van der Waals surface area contributed by atoms with Gasteiger partial charge in [0, 0.05) is 29.8 Å². The van der Waals surface area contributed by atoms with Crippen LogP contribution in [0.5, 0.6) is 0 Å². The number of carbonyl (C=O) groups is 2. The molecule has 1 fully saturated rings. The molecule has 4 aromatic rings. The number of amides is 2. The van der Waals surface area contributed by atoms with Crippen molar-refractivity contribution in [1.82, 2.24) is 10.6 Å². The van der Waals surface area contributed by atoms with Gasteiger partial charge in [-0.05, 0) is 97.3 Å². The third-order valence-corrected chi connectivity index (χ3v) is 7.14. The fraction of sp³-hybridized carbons (Fsp3) is 0.156. The first-order chi connectivity index (χ1) is 19.3. The van der Waals surface area contributed by atoms with E-state index in [9.17, 15) is 14.0 Å². The third-order valence-electron chi connectivity index (χ3n) is 7.14. The highest BCUT2D eigenvalue weighted by Crippen LogP contribution is 2.42. The zero-order chi connectivity index (χ0) is 28.4. The van der Waals surface area contributed by atoms with Gasteiger partial charge >= 0.3 is 0 Å². The highest BCUT2D eigenvalue weighted by Gasteiger charge is 2.47. The number of hydrogen-bond donors (Lipinski definition) is 3. The third kappa shape index (κ3) is 5.03. The van der Waals surface area contributed by atoms with Gasteiger partial charge in [-0.2, -0.15) is 0 Å². The van der Waals surface area contributed by atoms with E-state index in [2.05, 4.69) is 22.2 Å². The summed E-state index contributed by atoms with van der Waals surface area (Å²) < 4.78 is 19.6. The number of aryl methyl sites for hydroxylation is 1. The predicted octanol–water partition coefficient (Wildman–Crippen LogP) is 5.89. The van der Waals surface area contributed by atoms with Crippen molar-refractivity contribution in [2.45, 2.75) is 25.3 Å². The minimum atomic E-state index is -0.560. The molecular formula is C32H29FN4O3. The number of halogens is 1. The SMILES string of the molecule is C=C(/N=C\C=C/N)C1(NC(=O)c2ccc(C)c(-c3ccc4oc(-c5ccc(F)cc5)c(C(=O)NC)c4c3)c2)CC1. The molecule has 1 aliphatic carbocycles. The van der Waals surface area contributed by atoms with E-state index in [4.69, 9.17) is 10.2 Å². The van der Waals surface area contributed by atoms with Crippen LogP contribution in [0.1, 0.15) is 39.1 Å². The number of allylic oxidation sites excluding steroid dienone is 1. The second-order valence-electron chi connectivity index (χ2n) is 9.78. The number of benzene rings is 3. The molecule has 3 aromatic carbocycles. The Labute approximate surface area is 231 Å². The largest absolute Gasteiger partial charge is 0.455 e. The fourth-order valence-corrected chi connectivity index (χ4v) is 4.70. The topological polar surface area (TPSA) is 110 Å². The number of furan rings is 1. The molecular weight excluding hydrogens is 507 g/mol. The molecule has 7 nitrogen and oxygen atoms in total. The molecule has 1 saturated carbocycles. The number of nitrogens with two attached hydrogens (primary N) is 1. The van der Waals surface area contributed by atoms with Crippen LogP contribution in [0.15, 0.2) is 94.6 Å². The zero-order valence-electron chi connectivity index (χ0n) is 22.3. The number of hydrogen-bond acceptors (Lipinski definition) is 5. The Kier molecular flexibility index (Phi) is 7.09. The number of rotatable bonds is 8. The molecule has 0 atom stereocenters. The molecule has 0 saturated heterocycles. The first-order valence-electron chi connectivity index (χ1n) is 12.8. The molecule has 5 rings (SSSR count). The number of nitrogens with one attached hydrogen (secondary N) is 2. The van der Waals surface area contributed by atoms with Crippen LogP contribution in [0.25, 0.3) is 33.4 Å². The van der Waals surface area contributed by atoms with Crippen LogP contribution >= 0.6 is 0 Å². The molecule has 1 heterocycles. The van der Waals surface area contributed by atoms with Gasteiger partial charge in [-0.1, -0.05) is 18.7 Å². The lowest BCUT2D eigenvalue weighted by atomic mass is 9.95. The second kappa shape index (κ2) is 10.6. The van der Waals surface area contributed by atoms with Gasteiger partial charge in [0.2, 0.25) is 0 Å². The van der Waals surface area contributed by atoms with E-state index in [-0.39, 0.29) is 17.6 Å². The molecule has 1 aromatic heterocycles. The monoisotopic (exact) mass is 536 g/mol. The number of nitrogens with zero attached hydrogens (tertiary/aromatic N) is 1. The van der Waals surface area contributed by atoms with Crippen LogP contribution in [-0.4, -0.2) is 30.6 Å². The van der Waals surface area contributed by atoms with Gasteiger partial charge in [-0.25, -0.2) is 4.39 Å². The molecule has 1 aliphatic rings. The van der Waals surface area contributed by atoms with E-state index in [0.29, 0.717) is 39.1 Å². The maximum absolute atomic E-state index is 13.5. The second-order valence-corrected chi connectivity index (χ2v) is 9.78. The van der Waals surface area contributed by atoms with Gasteiger partial charge in [-0.3, -0.25) is 14.6 Å². The summed E-state index contributed by atoms with van der Waals surface area (Å²) in [6.07, 6.45) is 6.06. The standard InChI is InChI=1S/C32H29FN4O3/c1-19-5-6-23(30(38)37-32(13-14-32)20(2)36-16-4-15-34)18-25(19)22-9-12-27-26(17-22)28(31(39)35-3)29(40-27)21-7-10-24(33)11-8-21/h4-12,15-18H,2,13-14,34H2,1,3H3,(H,35,39)(H,37,38)/b15-4-,36-16-. The molecule has 0 unspecified atom stereocenters. The summed E-state index contributed by atoms with van der Waals surface area (Å²) >= 11 is 0. The van der Waals surface area contributed by atoms with Gasteiger partial charge < -0.3 is 20.8 Å². The minimum Gasteiger partial charge on any atom is -0.455 e. The van der Waals surface area contributed by atoms with Crippen molar-refractivity contribution in [2.24, 2.45) is 10.7 Å². The Morgan fingerprint density at radius 1 is 1.05 bits per heavy atom. The summed E-state index contributed by atoms with van der Waals surface area (Å²) in [6, 6.07) is 16.9. The van der Waals surface area contributed by atoms with E-state index in [0.717, 1.165) is 29.5 Å². The molecule has 0 radical (unpaired) electrons. The average molecular weight is 537 g/mol. The van der Waals surface area contributed by atoms with Crippen LogP contribution in [0, 0.1) is 12.7 Å². The normalized spacial score (nSPS) is 14.1. The van der Waals surface area contributed by atoms with Crippen molar-refractivity contribution in [3.8, 4) is 22.5 Å². The van der Waals surface area contributed by atoms with E-state index in [1.165, 1.54) is 18.3 Å². The Balaban J connectivity index is 1.51. The van der Waals surface area contributed by atoms with Gasteiger partial charge in [0.05, 0.1) is 16.8 Å². The summed E-state index contributed by atoms with van der Waals surface area (Å²) in [5, 5.41) is 6.38. The van der Waals surface area contributed by atoms with Crippen molar-refractivity contribution in [1.29, 1.82) is 0 Å². The van der Waals surface area contributed by atoms with Crippen molar-refractivity contribution in [3.05, 3.63) is 108 Å². The van der Waals surface area contributed by atoms with Crippen LogP contribution < -0.4 is 16.4 Å². The van der Waals surface area contributed by atoms with Crippen LogP contribution in [-0.2, 0) is 0 Å². The van der Waals surface area contributed by atoms with Gasteiger partial charge in [0.15, 0.2) is 0 Å². The Morgan fingerprint density at radius 3 is 2.45 bits per heavy atom. The Hall–Kier alpha value is -4.98. The molecule has 2 amide bonds. The predicted molar refractivity (Wildman–Crippen MR) is 156 cm³/mol. The smallest absolute Gasteiger partial charge is 0.255 e. The molecule has 202 valence electrons. The number of fused-ring (bicyclic) bond motifs is 1. The van der Waals surface area contributed by atoms with Crippen LogP contribution in [0.2, 0.25) is 0 Å². The lowest BCUT2D eigenvalue weighted by Gasteiger charge is -2.18. The number of carbonyl (C=O) groups excluding carboxylic acids is 2. The van der Waals surface area contributed by atoms with Crippen molar-refractivity contribution in [3.63, 3.8) is 0 Å². The molecule has 40 heavy (non-hydrogen) atoms. The summed E-state index contributed by atoms with van der Waals surface area (Å²) in [7, 11) is 1.55. The van der Waals surface area contributed by atoms with Crippen LogP contribution in [0.3, 0.4) is 0 Å². The van der Waals surface area contributed by atoms with Crippen molar-refractivity contribution in [2.75, 3.05) is 7.05 Å². The summed E-state index contributed by atoms with van der Waals surface area (Å²) in [5.74, 6) is -0.564. The molecule has 4 N–H and O–H groups in total. The summed E-state index contributed by atoms with van der Waals surface area (Å²) in [4.78, 5) is 30.5. The molecule has 0 spiro atoms. The maximum atomic E-state index is 13.5. The van der Waals surface area contributed by atoms with Gasteiger partial charge in [0.25, 0.3) is 11.8 Å². The van der Waals surface area contributed by atoms with Crippen molar-refractivity contribution < 1.29 is 18.4 Å². The minimum absolute atomic E-state index is 0.224. The summed E-state index contributed by atoms with van der Waals surface area (Å²) in [6.45, 7) is 5.99. The zero-order valence-corrected chi connectivity index (χ0v) is 22.3. The highest BCUT2D eigenvalue weighted by molar-refractivity contribution is 6.12. The molecule has 0 aliphatic heterocycles. The van der Waals surface area contributed by atoms with Crippen molar-refractivity contribution >= 4 is 29.0 Å². The molecule has 8 heteroatoms. The van der Waals surface area contributed by atoms with Gasteiger partial charge in [-0.15, -0.1) is 0 Å². The lowest BCUT2D eigenvalue weighted by molar-refractivity contribution is 0.0935. The Bertz CT molecular complexity index is 1700. The van der Waals surface area contributed by atoms with Gasteiger partial charge in [0.1, 0.15) is 17.2 Å². The lowest BCUT2D eigenvalue weighted by Crippen LogP contribution is -2.37. The maximum Gasteiger partial charge on any atom is 0.255 e.